The van der Waals surface area contributed by atoms with Gasteiger partial charge in [-0.05, 0) is 61.2 Å². The fourth-order valence-electron chi connectivity index (χ4n) is 2.17. The van der Waals surface area contributed by atoms with Gasteiger partial charge in [-0.2, -0.15) is 0 Å². The van der Waals surface area contributed by atoms with Gasteiger partial charge in [0.1, 0.15) is 0 Å². The van der Waals surface area contributed by atoms with Gasteiger partial charge in [-0.1, -0.05) is 44.0 Å². The van der Waals surface area contributed by atoms with E-state index in [1.165, 1.54) is 27.9 Å². The van der Waals surface area contributed by atoms with Crippen LogP contribution in [0.1, 0.15) is 22.3 Å². The third-order valence-electron chi connectivity index (χ3n) is 3.16. The summed E-state index contributed by atoms with van der Waals surface area (Å²) in [7, 11) is 0. The Labute approximate surface area is 131 Å². The number of anilines is 1. The summed E-state index contributed by atoms with van der Waals surface area (Å²) in [6, 6.07) is 10.7. The summed E-state index contributed by atoms with van der Waals surface area (Å²) in [4.78, 5) is 0. The van der Waals surface area contributed by atoms with Crippen LogP contribution in [0.5, 0.6) is 0 Å². The monoisotopic (exact) mass is 381 g/mol. The van der Waals surface area contributed by atoms with Crippen LogP contribution in [0.25, 0.3) is 0 Å². The summed E-state index contributed by atoms with van der Waals surface area (Å²) in [5.74, 6) is 0. The van der Waals surface area contributed by atoms with Crippen LogP contribution in [0.4, 0.5) is 5.69 Å². The van der Waals surface area contributed by atoms with E-state index >= 15 is 0 Å². The molecule has 0 saturated carbocycles. The van der Waals surface area contributed by atoms with Crippen molar-refractivity contribution in [3.8, 4) is 0 Å². The van der Waals surface area contributed by atoms with Gasteiger partial charge in [-0.3, -0.25) is 0 Å². The van der Waals surface area contributed by atoms with Crippen molar-refractivity contribution in [1.82, 2.24) is 0 Å². The van der Waals surface area contributed by atoms with Crippen LogP contribution in [0.3, 0.4) is 0 Å². The Bertz CT molecular complexity index is 583. The van der Waals surface area contributed by atoms with Crippen LogP contribution in [-0.2, 0) is 6.54 Å². The normalized spacial score (nSPS) is 10.6. The van der Waals surface area contributed by atoms with Crippen molar-refractivity contribution in [2.45, 2.75) is 27.3 Å². The fraction of sp³-hybridized carbons (Fsp3) is 0.250. The first-order chi connectivity index (χ1) is 8.97. The minimum atomic E-state index is 0.824. The standard InChI is InChI=1S/C16H17Br2N/c1-10-4-5-13(15(18)6-10)9-19-16-11(2)7-14(17)8-12(16)3/h4-8,19H,9H2,1-3H3. The third-order valence-corrected chi connectivity index (χ3v) is 4.36. The van der Waals surface area contributed by atoms with E-state index in [0.717, 1.165) is 15.5 Å². The molecule has 0 bridgehead atoms. The first-order valence-electron chi connectivity index (χ1n) is 6.23. The molecule has 3 heteroatoms. The maximum Gasteiger partial charge on any atom is 0.0412 e. The van der Waals surface area contributed by atoms with Crippen molar-refractivity contribution < 1.29 is 0 Å². The number of hydrogen-bond donors (Lipinski definition) is 1. The summed E-state index contributed by atoms with van der Waals surface area (Å²) in [6.45, 7) is 7.18. The van der Waals surface area contributed by atoms with Gasteiger partial charge in [-0.25, -0.2) is 0 Å². The molecular formula is C16H17Br2N. The third kappa shape index (κ3) is 3.61. The van der Waals surface area contributed by atoms with Crippen molar-refractivity contribution in [2.75, 3.05) is 5.32 Å². The van der Waals surface area contributed by atoms with Crippen molar-refractivity contribution in [3.05, 3.63) is 61.5 Å². The number of aryl methyl sites for hydroxylation is 3. The van der Waals surface area contributed by atoms with Crippen LogP contribution in [0, 0.1) is 20.8 Å². The maximum absolute atomic E-state index is 3.62. The molecule has 2 aromatic carbocycles. The molecule has 0 spiro atoms. The van der Waals surface area contributed by atoms with Crippen LogP contribution in [-0.4, -0.2) is 0 Å². The average molecular weight is 383 g/mol. The first kappa shape index (κ1) is 14.6. The van der Waals surface area contributed by atoms with E-state index in [1.54, 1.807) is 0 Å². The zero-order valence-electron chi connectivity index (χ0n) is 11.3. The fourth-order valence-corrected chi connectivity index (χ4v) is 3.49. The lowest BCUT2D eigenvalue weighted by Crippen LogP contribution is -2.03. The van der Waals surface area contributed by atoms with Gasteiger partial charge < -0.3 is 5.32 Å². The molecule has 0 saturated heterocycles. The molecule has 0 aliphatic rings. The highest BCUT2D eigenvalue weighted by atomic mass is 79.9. The first-order valence-corrected chi connectivity index (χ1v) is 7.81. The van der Waals surface area contributed by atoms with E-state index in [1.807, 2.05) is 0 Å². The Kier molecular flexibility index (Phi) is 4.69. The second kappa shape index (κ2) is 6.10. The molecule has 0 aliphatic carbocycles. The number of benzene rings is 2. The van der Waals surface area contributed by atoms with E-state index < -0.39 is 0 Å². The van der Waals surface area contributed by atoms with Gasteiger partial charge in [0.2, 0.25) is 0 Å². The van der Waals surface area contributed by atoms with Gasteiger partial charge in [0.15, 0.2) is 0 Å². The molecule has 1 N–H and O–H groups in total. The Balaban J connectivity index is 2.19. The minimum Gasteiger partial charge on any atom is -0.380 e. The predicted octanol–water partition coefficient (Wildman–Crippen LogP) is 5.75. The summed E-state index contributed by atoms with van der Waals surface area (Å²) >= 11 is 7.15. The molecule has 0 aliphatic heterocycles. The molecule has 0 atom stereocenters. The average Bonchev–Trinajstić information content (AvgIpc) is 2.30. The summed E-state index contributed by atoms with van der Waals surface area (Å²) < 4.78 is 2.29. The van der Waals surface area contributed by atoms with Gasteiger partial charge >= 0.3 is 0 Å². The molecule has 2 aromatic rings. The van der Waals surface area contributed by atoms with E-state index in [-0.39, 0.29) is 0 Å². The molecule has 0 fully saturated rings. The zero-order valence-corrected chi connectivity index (χ0v) is 14.5. The highest BCUT2D eigenvalue weighted by molar-refractivity contribution is 9.10. The van der Waals surface area contributed by atoms with E-state index in [0.29, 0.717) is 0 Å². The second-order valence-corrected chi connectivity index (χ2v) is 6.63. The lowest BCUT2D eigenvalue weighted by atomic mass is 10.1. The van der Waals surface area contributed by atoms with Crippen molar-refractivity contribution in [3.63, 3.8) is 0 Å². The molecule has 0 amide bonds. The molecule has 0 heterocycles. The number of nitrogens with one attached hydrogen (secondary N) is 1. The molecule has 1 nitrogen and oxygen atoms in total. The van der Waals surface area contributed by atoms with Crippen molar-refractivity contribution >= 4 is 37.5 Å². The van der Waals surface area contributed by atoms with Crippen LogP contribution in [0.15, 0.2) is 39.3 Å². The number of rotatable bonds is 3. The highest BCUT2D eigenvalue weighted by Gasteiger charge is 2.05. The Morgan fingerprint density at radius 2 is 1.58 bits per heavy atom. The molecule has 0 aromatic heterocycles. The molecule has 2 rings (SSSR count). The van der Waals surface area contributed by atoms with Gasteiger partial charge in [0.25, 0.3) is 0 Å². The van der Waals surface area contributed by atoms with Crippen LogP contribution in [0.2, 0.25) is 0 Å². The summed E-state index contributed by atoms with van der Waals surface area (Å²) in [6.07, 6.45) is 0. The van der Waals surface area contributed by atoms with Gasteiger partial charge in [-0.15, -0.1) is 0 Å². The van der Waals surface area contributed by atoms with Gasteiger partial charge in [0.05, 0.1) is 0 Å². The van der Waals surface area contributed by atoms with Crippen LogP contribution >= 0.6 is 31.9 Å². The van der Waals surface area contributed by atoms with Gasteiger partial charge in [0, 0.05) is 21.2 Å². The van der Waals surface area contributed by atoms with E-state index in [4.69, 9.17) is 0 Å². The van der Waals surface area contributed by atoms with Crippen molar-refractivity contribution in [2.24, 2.45) is 0 Å². The lowest BCUT2D eigenvalue weighted by Gasteiger charge is -2.14. The van der Waals surface area contributed by atoms with E-state index in [2.05, 4.69) is 88.3 Å². The minimum absolute atomic E-state index is 0.824. The molecule has 100 valence electrons. The summed E-state index contributed by atoms with van der Waals surface area (Å²) in [5, 5.41) is 3.53. The smallest absolute Gasteiger partial charge is 0.0412 e. The van der Waals surface area contributed by atoms with Crippen molar-refractivity contribution in [1.29, 1.82) is 0 Å². The molecule has 0 radical (unpaired) electrons. The lowest BCUT2D eigenvalue weighted by molar-refractivity contribution is 1.11. The Hall–Kier alpha value is -0.800. The highest BCUT2D eigenvalue weighted by Crippen LogP contribution is 2.26. The maximum atomic E-state index is 3.62. The zero-order chi connectivity index (χ0) is 14.0. The molecular weight excluding hydrogens is 366 g/mol. The summed E-state index contributed by atoms with van der Waals surface area (Å²) in [5.41, 5.74) is 6.28. The number of hydrogen-bond acceptors (Lipinski definition) is 1. The Morgan fingerprint density at radius 3 is 2.16 bits per heavy atom. The second-order valence-electron chi connectivity index (χ2n) is 4.86. The molecule has 19 heavy (non-hydrogen) atoms. The largest absolute Gasteiger partial charge is 0.380 e. The van der Waals surface area contributed by atoms with Crippen LogP contribution < -0.4 is 5.32 Å². The SMILES string of the molecule is Cc1ccc(CNc2c(C)cc(Br)cc2C)c(Br)c1. The topological polar surface area (TPSA) is 12.0 Å². The Morgan fingerprint density at radius 1 is 0.947 bits per heavy atom. The van der Waals surface area contributed by atoms with E-state index in [9.17, 15) is 0 Å². The molecule has 0 unspecified atom stereocenters. The number of halogens is 2. The quantitative estimate of drug-likeness (QED) is 0.712. The predicted molar refractivity (Wildman–Crippen MR) is 89.8 cm³/mol.